The van der Waals surface area contributed by atoms with Crippen molar-refractivity contribution in [1.29, 1.82) is 0 Å². The summed E-state index contributed by atoms with van der Waals surface area (Å²) >= 11 is 0. The molecule has 3 N–H and O–H groups in total. The van der Waals surface area contributed by atoms with Crippen LogP contribution in [0.25, 0.3) is 0 Å². The Kier molecular flexibility index (Phi) is 8.15. The number of hydrogen-bond donors (Lipinski definition) is 3. The molecule has 1 heterocycles. The molecule has 1 amide bonds. The van der Waals surface area contributed by atoms with Crippen molar-refractivity contribution < 1.29 is 19.7 Å². The molecule has 2 aromatic carbocycles. The number of aryl methyl sites for hydroxylation is 1. The van der Waals surface area contributed by atoms with E-state index < -0.39 is 17.9 Å². The Labute approximate surface area is 182 Å². The summed E-state index contributed by atoms with van der Waals surface area (Å²) in [7, 11) is 0. The Hall–Kier alpha value is -3.22. The molecule has 1 aromatic heterocycles. The third-order valence-corrected chi connectivity index (χ3v) is 5.08. The molecule has 3 rings (SSSR count). The molecule has 162 valence electrons. The molecule has 1 unspecified atom stereocenters. The zero-order chi connectivity index (χ0) is 21.9. The van der Waals surface area contributed by atoms with Crippen molar-refractivity contribution >= 4 is 6.09 Å². The predicted octanol–water partition coefficient (Wildman–Crippen LogP) is 3.62. The lowest BCUT2D eigenvalue weighted by Crippen LogP contribution is -2.54. The lowest BCUT2D eigenvalue weighted by molar-refractivity contribution is -0.187. The van der Waals surface area contributed by atoms with Crippen LogP contribution in [0.2, 0.25) is 0 Å². The number of amides is 1. The third-order valence-electron chi connectivity index (χ3n) is 5.08. The highest BCUT2D eigenvalue weighted by Crippen LogP contribution is 2.20. The Morgan fingerprint density at radius 1 is 0.935 bits per heavy atom. The summed E-state index contributed by atoms with van der Waals surface area (Å²) in [6.45, 7) is 0.0512. The summed E-state index contributed by atoms with van der Waals surface area (Å²) in [5.41, 5.74) is 2.76. The minimum Gasteiger partial charge on any atom is -0.445 e. The van der Waals surface area contributed by atoms with Crippen LogP contribution < -0.4 is 5.32 Å². The quantitative estimate of drug-likeness (QED) is 0.436. The highest BCUT2D eigenvalue weighted by molar-refractivity contribution is 5.67. The molecule has 3 aromatic rings. The maximum absolute atomic E-state index is 12.4. The number of carbonyl (C=O) groups excluding carboxylic acids is 1. The number of hydrogen-bond acceptors (Lipinski definition) is 5. The van der Waals surface area contributed by atoms with Crippen molar-refractivity contribution in [3.05, 3.63) is 102 Å². The van der Waals surface area contributed by atoms with Crippen molar-refractivity contribution in [2.24, 2.45) is 0 Å². The third kappa shape index (κ3) is 7.51. The van der Waals surface area contributed by atoms with Gasteiger partial charge in [0.25, 0.3) is 0 Å². The second-order valence-corrected chi connectivity index (χ2v) is 7.54. The average molecular weight is 421 g/mol. The largest absolute Gasteiger partial charge is 0.445 e. The number of alkyl carbamates (subject to hydrolysis) is 1. The van der Waals surface area contributed by atoms with Gasteiger partial charge in [0, 0.05) is 24.4 Å². The smallest absolute Gasteiger partial charge is 0.407 e. The van der Waals surface area contributed by atoms with Gasteiger partial charge in [-0.2, -0.15) is 0 Å². The summed E-state index contributed by atoms with van der Waals surface area (Å²) < 4.78 is 5.25. The van der Waals surface area contributed by atoms with Gasteiger partial charge >= 0.3 is 6.09 Å². The van der Waals surface area contributed by atoms with Gasteiger partial charge in [-0.15, -0.1) is 0 Å². The van der Waals surface area contributed by atoms with E-state index in [0.29, 0.717) is 12.8 Å². The van der Waals surface area contributed by atoms with Crippen LogP contribution in [0.15, 0.2) is 85.2 Å². The van der Waals surface area contributed by atoms with Crippen LogP contribution in [0.5, 0.6) is 0 Å². The molecule has 0 fully saturated rings. The molecule has 0 aliphatic heterocycles. The first-order valence-corrected chi connectivity index (χ1v) is 10.4. The van der Waals surface area contributed by atoms with Crippen LogP contribution in [0, 0.1) is 0 Å². The van der Waals surface area contributed by atoms with Crippen LogP contribution in [-0.4, -0.2) is 33.1 Å². The molecule has 31 heavy (non-hydrogen) atoms. The van der Waals surface area contributed by atoms with Gasteiger partial charge in [-0.1, -0.05) is 66.7 Å². The Morgan fingerprint density at radius 3 is 2.23 bits per heavy atom. The van der Waals surface area contributed by atoms with E-state index in [1.807, 2.05) is 60.7 Å². The zero-order valence-corrected chi connectivity index (χ0v) is 17.4. The van der Waals surface area contributed by atoms with Gasteiger partial charge in [0.05, 0.1) is 6.04 Å². The fraction of sp³-hybridized carbons (Fsp3) is 0.280. The fourth-order valence-corrected chi connectivity index (χ4v) is 3.37. The normalized spacial score (nSPS) is 12.2. The van der Waals surface area contributed by atoms with E-state index in [1.54, 1.807) is 24.5 Å². The highest BCUT2D eigenvalue weighted by Gasteiger charge is 2.35. The molecule has 0 aliphatic rings. The van der Waals surface area contributed by atoms with Gasteiger partial charge in [-0.3, -0.25) is 4.98 Å². The van der Waals surface area contributed by atoms with Crippen molar-refractivity contribution in [1.82, 2.24) is 10.3 Å². The van der Waals surface area contributed by atoms with Crippen LogP contribution in [0.1, 0.15) is 29.5 Å². The monoisotopic (exact) mass is 420 g/mol. The van der Waals surface area contributed by atoms with E-state index in [9.17, 15) is 15.0 Å². The number of rotatable bonds is 10. The van der Waals surface area contributed by atoms with E-state index in [1.165, 1.54) is 0 Å². The van der Waals surface area contributed by atoms with E-state index in [4.69, 9.17) is 4.74 Å². The summed E-state index contributed by atoms with van der Waals surface area (Å²) in [5.74, 6) is -2.09. The second kappa shape index (κ2) is 11.2. The van der Waals surface area contributed by atoms with Gasteiger partial charge in [-0.05, 0) is 36.5 Å². The standard InChI is InChI=1S/C25H28N2O4/c28-24(31-19-22-14-8-16-26-18-22)27-23(17-21-11-5-2-6-12-21)25(29,30)15-7-13-20-9-3-1-4-10-20/h1-6,8-12,14,16,18,23,29-30H,7,13,15,17,19H2,(H,27,28). The van der Waals surface area contributed by atoms with Crippen molar-refractivity contribution in [2.75, 3.05) is 0 Å². The Balaban J connectivity index is 1.62. The number of benzene rings is 2. The minimum absolute atomic E-state index is 0.0512. The molecule has 6 nitrogen and oxygen atoms in total. The lowest BCUT2D eigenvalue weighted by Gasteiger charge is -2.32. The molecular weight excluding hydrogens is 392 g/mol. The average Bonchev–Trinajstić information content (AvgIpc) is 2.79. The number of aromatic nitrogens is 1. The fourth-order valence-electron chi connectivity index (χ4n) is 3.37. The topological polar surface area (TPSA) is 91.7 Å². The van der Waals surface area contributed by atoms with Crippen LogP contribution in [-0.2, 0) is 24.2 Å². The van der Waals surface area contributed by atoms with E-state index in [-0.39, 0.29) is 19.4 Å². The molecule has 1 atom stereocenters. The second-order valence-electron chi connectivity index (χ2n) is 7.54. The van der Waals surface area contributed by atoms with Crippen molar-refractivity contribution in [3.8, 4) is 0 Å². The SMILES string of the molecule is O=C(NC(Cc1ccccc1)C(O)(O)CCCc1ccccc1)OCc1cccnc1. The van der Waals surface area contributed by atoms with E-state index >= 15 is 0 Å². The van der Waals surface area contributed by atoms with Crippen LogP contribution in [0.3, 0.4) is 0 Å². The van der Waals surface area contributed by atoms with Crippen LogP contribution in [0.4, 0.5) is 4.79 Å². The number of pyridine rings is 1. The molecule has 0 bridgehead atoms. The minimum atomic E-state index is -2.09. The molecule has 0 spiro atoms. The lowest BCUT2D eigenvalue weighted by atomic mass is 9.93. The molecule has 0 radical (unpaired) electrons. The number of nitrogens with zero attached hydrogens (tertiary/aromatic N) is 1. The molecule has 0 saturated heterocycles. The van der Waals surface area contributed by atoms with Gasteiger partial charge in [-0.25, -0.2) is 4.79 Å². The molecule has 0 saturated carbocycles. The molecular formula is C25H28N2O4. The zero-order valence-electron chi connectivity index (χ0n) is 17.4. The number of ether oxygens (including phenoxy) is 1. The predicted molar refractivity (Wildman–Crippen MR) is 118 cm³/mol. The number of nitrogens with one attached hydrogen (secondary N) is 1. The Bertz CT molecular complexity index is 918. The number of aliphatic hydroxyl groups is 2. The maximum atomic E-state index is 12.4. The first kappa shape index (κ1) is 22.5. The summed E-state index contributed by atoms with van der Waals surface area (Å²) in [6, 6.07) is 21.9. The van der Waals surface area contributed by atoms with Gasteiger partial charge < -0.3 is 20.3 Å². The summed E-state index contributed by atoms with van der Waals surface area (Å²) in [6.07, 6.45) is 4.20. The van der Waals surface area contributed by atoms with Gasteiger partial charge in [0.2, 0.25) is 0 Å². The summed E-state index contributed by atoms with van der Waals surface area (Å²) in [5, 5.41) is 24.3. The molecule has 6 heteroatoms. The Morgan fingerprint density at radius 2 is 1.58 bits per heavy atom. The van der Waals surface area contributed by atoms with Crippen molar-refractivity contribution in [2.45, 2.75) is 44.1 Å². The maximum Gasteiger partial charge on any atom is 0.407 e. The van der Waals surface area contributed by atoms with Crippen LogP contribution >= 0.6 is 0 Å². The van der Waals surface area contributed by atoms with Gasteiger partial charge in [0.15, 0.2) is 5.79 Å². The van der Waals surface area contributed by atoms with Gasteiger partial charge in [0.1, 0.15) is 6.61 Å². The summed E-state index contributed by atoms with van der Waals surface area (Å²) in [4.78, 5) is 16.4. The molecule has 0 aliphatic carbocycles. The van der Waals surface area contributed by atoms with E-state index in [0.717, 1.165) is 16.7 Å². The first-order valence-electron chi connectivity index (χ1n) is 10.4. The van der Waals surface area contributed by atoms with Crippen molar-refractivity contribution in [3.63, 3.8) is 0 Å². The van der Waals surface area contributed by atoms with E-state index in [2.05, 4.69) is 10.3 Å². The highest BCUT2D eigenvalue weighted by atomic mass is 16.6. The number of carbonyl (C=O) groups is 1. The first-order chi connectivity index (χ1) is 15.0.